The predicted octanol–water partition coefficient (Wildman–Crippen LogP) is 29.6. The van der Waals surface area contributed by atoms with Gasteiger partial charge in [-0.15, -0.1) is 0 Å². The Hall–Kier alpha value is -11.7. The second kappa shape index (κ2) is 26.9. The molecular formula is C98H81F7N4. The van der Waals surface area contributed by atoms with Crippen LogP contribution in [0.4, 0.5) is 99.0 Å². The molecule has 0 bridgehead atoms. The van der Waals surface area contributed by atoms with Crippen molar-refractivity contribution in [2.24, 2.45) is 0 Å². The number of nitrogens with zero attached hydrogens (tertiary/aromatic N) is 4. The van der Waals surface area contributed by atoms with Crippen LogP contribution in [0.15, 0.2) is 267 Å². The quantitative estimate of drug-likeness (QED) is 0.0795. The van der Waals surface area contributed by atoms with Crippen molar-refractivity contribution in [2.75, 3.05) is 19.6 Å². The highest BCUT2D eigenvalue weighted by molar-refractivity contribution is 6.32. The molecule has 542 valence electrons. The standard InChI is InChI=1S/C50H43F3N2.C48H38F4N2/c1-31(2)41-30-45(55(36-14-10-7-11-15-36)37-20-16-32(3)17-21-37)42-29-43-46-33(26-27-49(43,4)5)28-44(40-25-24-39(41)47(42)48(40)46)54(35-12-8-6-9-13-35)38-22-18-34(19-23-38)50(51,52)53;1-28(2)40-27-44(54(36-17-9-32(51)10-18-36)37-19-11-33(52)12-20-37)41-26-42-45-29(23-24-48(42,3)4)25-43(39-22-21-38(40)46(41)47(39)45)53(34-13-5-30(49)6-14-34)35-15-7-31(50)8-16-35/h6-25,28-31H,26-27H2,1-5H3;5-22,25-28H,23-24H2,1-4H3. The van der Waals surface area contributed by atoms with E-state index in [9.17, 15) is 30.7 Å². The summed E-state index contributed by atoms with van der Waals surface area (Å²) >= 11 is 0. The lowest BCUT2D eigenvalue weighted by Gasteiger charge is -2.37. The lowest BCUT2D eigenvalue weighted by atomic mass is 9.70. The molecule has 0 aromatic heterocycles. The fourth-order valence-corrected chi connectivity index (χ4v) is 17.4. The minimum absolute atomic E-state index is 0.0801. The van der Waals surface area contributed by atoms with Crippen LogP contribution in [0, 0.1) is 30.2 Å². The van der Waals surface area contributed by atoms with Crippen molar-refractivity contribution in [3.63, 3.8) is 0 Å². The number of halogens is 7. The molecule has 109 heavy (non-hydrogen) atoms. The van der Waals surface area contributed by atoms with Gasteiger partial charge < -0.3 is 19.6 Å². The van der Waals surface area contributed by atoms with Gasteiger partial charge >= 0.3 is 6.18 Å². The monoisotopic (exact) mass is 1450 g/mol. The van der Waals surface area contributed by atoms with Gasteiger partial charge in [0, 0.05) is 77.8 Å². The molecule has 0 saturated heterocycles. The van der Waals surface area contributed by atoms with Crippen molar-refractivity contribution >= 4 is 133 Å². The second-order valence-electron chi connectivity index (χ2n) is 31.5. The van der Waals surface area contributed by atoms with E-state index in [1.165, 1.54) is 126 Å². The van der Waals surface area contributed by atoms with Gasteiger partial charge in [-0.2, -0.15) is 13.2 Å². The van der Waals surface area contributed by atoms with Gasteiger partial charge in [-0.25, -0.2) is 17.6 Å². The van der Waals surface area contributed by atoms with Gasteiger partial charge in [0.2, 0.25) is 0 Å². The smallest absolute Gasteiger partial charge is 0.310 e. The lowest BCUT2D eigenvalue weighted by Crippen LogP contribution is -2.24. The average molecular weight is 1450 g/mol. The lowest BCUT2D eigenvalue weighted by molar-refractivity contribution is -0.137. The van der Waals surface area contributed by atoms with Gasteiger partial charge in [-0.05, 0) is 315 Å². The minimum atomic E-state index is -4.42. The van der Waals surface area contributed by atoms with Gasteiger partial charge in [-0.1, -0.05) is 134 Å². The maximum atomic E-state index is 14.4. The zero-order chi connectivity index (χ0) is 75.7. The van der Waals surface area contributed by atoms with E-state index >= 15 is 0 Å². The average Bonchev–Trinajstić information content (AvgIpc) is 0.696. The molecule has 0 atom stereocenters. The van der Waals surface area contributed by atoms with Crippen molar-refractivity contribution < 1.29 is 30.7 Å². The van der Waals surface area contributed by atoms with E-state index in [0.717, 1.165) is 126 Å². The summed E-state index contributed by atoms with van der Waals surface area (Å²) in [6, 6.07) is 83.7. The van der Waals surface area contributed by atoms with E-state index in [0.29, 0.717) is 5.69 Å². The normalized spacial score (nSPS) is 13.9. The molecule has 16 aromatic carbocycles. The minimum Gasteiger partial charge on any atom is -0.310 e. The van der Waals surface area contributed by atoms with Crippen LogP contribution < -0.4 is 19.6 Å². The van der Waals surface area contributed by atoms with Crippen LogP contribution in [0.1, 0.15) is 125 Å². The SMILES string of the molecule is CC(C)c1cc(N(c2ccc(F)cc2)c2ccc(F)cc2)c2cc3c4c(cc(N(c5ccc(F)cc5)c5ccc(F)cc5)c5ccc1c2c54)CCC3(C)C.Cc1ccc(N(c2ccccc2)c2cc(C(C)C)c3ccc4c(N(c5ccccc5)c5ccc(C(F)(F)F)cc5)cc5c6c(cc2c3c46)C(C)(C)CC5)cc1. The third-order valence-corrected chi connectivity index (χ3v) is 23.0. The second-order valence-corrected chi connectivity index (χ2v) is 31.5. The van der Waals surface area contributed by atoms with E-state index in [-0.39, 0.29) is 45.9 Å². The molecule has 0 N–H and O–H groups in total. The zero-order valence-electron chi connectivity index (χ0n) is 62.3. The number of rotatable bonds is 14. The topological polar surface area (TPSA) is 13.0 Å². The van der Waals surface area contributed by atoms with Crippen LogP contribution in [0.3, 0.4) is 0 Å². The van der Waals surface area contributed by atoms with Crippen molar-refractivity contribution in [3.8, 4) is 0 Å². The van der Waals surface area contributed by atoms with E-state index in [1.54, 1.807) is 60.7 Å². The molecule has 0 fully saturated rings. The summed E-state index contributed by atoms with van der Waals surface area (Å²) < 4.78 is 99.0. The summed E-state index contributed by atoms with van der Waals surface area (Å²) in [5.74, 6) is -0.959. The molecule has 0 aliphatic heterocycles. The summed E-state index contributed by atoms with van der Waals surface area (Å²) in [7, 11) is 0. The van der Waals surface area contributed by atoms with Gasteiger partial charge in [0.25, 0.3) is 0 Å². The number of hydrogen-bond acceptors (Lipinski definition) is 4. The molecule has 16 aromatic rings. The van der Waals surface area contributed by atoms with Crippen molar-refractivity contribution in [3.05, 3.63) is 335 Å². The number of anilines is 12. The summed E-state index contributed by atoms with van der Waals surface area (Å²) in [6.07, 6.45) is -0.751. The van der Waals surface area contributed by atoms with Gasteiger partial charge in [0.05, 0.1) is 28.3 Å². The van der Waals surface area contributed by atoms with Crippen LogP contribution in [0.5, 0.6) is 0 Å². The van der Waals surface area contributed by atoms with E-state index in [2.05, 4.69) is 197 Å². The third kappa shape index (κ3) is 12.3. The van der Waals surface area contributed by atoms with Crippen LogP contribution >= 0.6 is 0 Å². The summed E-state index contributed by atoms with van der Waals surface area (Å²) in [6.45, 7) is 20.4. The Morgan fingerprint density at radius 1 is 0.303 bits per heavy atom. The van der Waals surface area contributed by atoms with Gasteiger partial charge in [-0.3, -0.25) is 0 Å². The largest absolute Gasteiger partial charge is 0.416 e. The predicted molar refractivity (Wildman–Crippen MR) is 439 cm³/mol. The molecule has 0 unspecified atom stereocenters. The van der Waals surface area contributed by atoms with E-state index in [4.69, 9.17) is 0 Å². The maximum Gasteiger partial charge on any atom is 0.416 e. The molecule has 2 aliphatic rings. The number of para-hydroxylation sites is 2. The van der Waals surface area contributed by atoms with E-state index < -0.39 is 11.7 Å². The first-order valence-electron chi connectivity index (χ1n) is 37.6. The number of hydrogen-bond donors (Lipinski definition) is 0. The number of alkyl halides is 3. The fraction of sp³-hybridized carbons (Fsp3) is 0.184. The molecular weight excluding hydrogens is 1370 g/mol. The van der Waals surface area contributed by atoms with Crippen molar-refractivity contribution in [1.29, 1.82) is 0 Å². The summed E-state index contributed by atoms with van der Waals surface area (Å²) in [4.78, 5) is 8.73. The molecule has 0 amide bonds. The van der Waals surface area contributed by atoms with Gasteiger partial charge in [0.1, 0.15) is 23.3 Å². The first-order valence-corrected chi connectivity index (χ1v) is 37.6. The molecule has 11 heteroatoms. The number of aryl methyl sites for hydroxylation is 3. The Morgan fingerprint density at radius 2 is 0.587 bits per heavy atom. The third-order valence-electron chi connectivity index (χ3n) is 23.0. The summed E-state index contributed by atoms with van der Waals surface area (Å²) in [5, 5.41) is 13.9. The van der Waals surface area contributed by atoms with Crippen molar-refractivity contribution in [2.45, 2.75) is 117 Å². The fourth-order valence-electron chi connectivity index (χ4n) is 17.4. The highest BCUT2D eigenvalue weighted by Gasteiger charge is 2.38. The molecule has 0 heterocycles. The highest BCUT2D eigenvalue weighted by Crippen LogP contribution is 2.58. The summed E-state index contributed by atoms with van der Waals surface area (Å²) in [5.41, 5.74) is 18.5. The van der Waals surface area contributed by atoms with Crippen LogP contribution in [0.25, 0.3) is 64.6 Å². The molecule has 2 aliphatic carbocycles. The number of benzene rings is 16. The Balaban J connectivity index is 0.000000159. The molecule has 4 nitrogen and oxygen atoms in total. The molecule has 0 saturated carbocycles. The Bertz CT molecular complexity index is 6030. The van der Waals surface area contributed by atoms with E-state index in [1.807, 2.05) is 30.3 Å². The van der Waals surface area contributed by atoms with Gasteiger partial charge in [0.15, 0.2) is 0 Å². The molecule has 0 spiro atoms. The Morgan fingerprint density at radius 3 is 0.899 bits per heavy atom. The Labute approximate surface area is 631 Å². The molecule has 0 radical (unpaired) electrons. The maximum absolute atomic E-state index is 14.4. The molecule has 18 rings (SSSR count). The van der Waals surface area contributed by atoms with Crippen LogP contribution in [-0.4, -0.2) is 0 Å². The van der Waals surface area contributed by atoms with Crippen LogP contribution in [0.2, 0.25) is 0 Å². The Kier molecular flexibility index (Phi) is 17.4. The van der Waals surface area contributed by atoms with Crippen LogP contribution in [-0.2, 0) is 29.8 Å². The first-order chi connectivity index (χ1) is 52.4. The highest BCUT2D eigenvalue weighted by atomic mass is 19.4. The van der Waals surface area contributed by atoms with Crippen molar-refractivity contribution in [1.82, 2.24) is 0 Å². The zero-order valence-corrected chi connectivity index (χ0v) is 62.3. The first kappa shape index (κ1) is 70.3.